The van der Waals surface area contributed by atoms with E-state index in [9.17, 15) is 4.39 Å². The molecule has 1 heterocycles. The Morgan fingerprint density at radius 2 is 2.21 bits per heavy atom. The van der Waals surface area contributed by atoms with Crippen LogP contribution in [0.3, 0.4) is 0 Å². The standard InChI is InChI=1S/C15H20FN3/c1-11-2-3-12(7-17)9-19(11)10-14-4-13(8-18)5-15(16)6-14/h4-6,11-12H,2-3,7,9-10,17H2,1H3. The molecule has 0 spiro atoms. The highest BCUT2D eigenvalue weighted by Gasteiger charge is 2.24. The lowest BCUT2D eigenvalue weighted by atomic mass is 9.93. The smallest absolute Gasteiger partial charge is 0.124 e. The number of nitrogens with zero attached hydrogens (tertiary/aromatic N) is 2. The summed E-state index contributed by atoms with van der Waals surface area (Å²) in [6, 6.07) is 7.03. The molecule has 0 aliphatic carbocycles. The second kappa shape index (κ2) is 6.14. The molecule has 0 amide bonds. The zero-order chi connectivity index (χ0) is 13.8. The van der Waals surface area contributed by atoms with Crippen LogP contribution in [0.25, 0.3) is 0 Å². The highest BCUT2D eigenvalue weighted by molar-refractivity contribution is 5.33. The number of likely N-dealkylation sites (tertiary alicyclic amines) is 1. The first-order chi connectivity index (χ1) is 9.12. The summed E-state index contributed by atoms with van der Waals surface area (Å²) in [7, 11) is 0. The quantitative estimate of drug-likeness (QED) is 0.908. The molecule has 2 unspecified atom stereocenters. The van der Waals surface area contributed by atoms with Crippen molar-refractivity contribution < 1.29 is 4.39 Å². The largest absolute Gasteiger partial charge is 0.330 e. The van der Waals surface area contributed by atoms with Crippen LogP contribution in [0.15, 0.2) is 18.2 Å². The van der Waals surface area contributed by atoms with Crippen molar-refractivity contribution in [1.82, 2.24) is 4.90 Å². The van der Waals surface area contributed by atoms with Gasteiger partial charge in [-0.15, -0.1) is 0 Å². The molecule has 1 aromatic carbocycles. The maximum absolute atomic E-state index is 13.4. The van der Waals surface area contributed by atoms with Gasteiger partial charge in [-0.05, 0) is 56.0 Å². The molecule has 0 bridgehead atoms. The Morgan fingerprint density at radius 1 is 1.42 bits per heavy atom. The Labute approximate surface area is 113 Å². The minimum absolute atomic E-state index is 0.339. The van der Waals surface area contributed by atoms with Crippen molar-refractivity contribution in [1.29, 1.82) is 5.26 Å². The van der Waals surface area contributed by atoms with Crippen LogP contribution in [0.1, 0.15) is 30.9 Å². The van der Waals surface area contributed by atoms with Gasteiger partial charge in [0.25, 0.3) is 0 Å². The van der Waals surface area contributed by atoms with Crippen molar-refractivity contribution >= 4 is 0 Å². The van der Waals surface area contributed by atoms with Gasteiger partial charge in [-0.1, -0.05) is 0 Å². The fourth-order valence-corrected chi connectivity index (χ4v) is 2.72. The predicted octanol–water partition coefficient (Wildman–Crippen LogP) is 2.26. The molecule has 1 aromatic rings. The second-order valence-corrected chi connectivity index (χ2v) is 5.42. The van der Waals surface area contributed by atoms with Crippen LogP contribution in [-0.4, -0.2) is 24.0 Å². The van der Waals surface area contributed by atoms with E-state index >= 15 is 0 Å². The Morgan fingerprint density at radius 3 is 2.89 bits per heavy atom. The van der Waals surface area contributed by atoms with Gasteiger partial charge < -0.3 is 5.73 Å². The molecule has 2 rings (SSSR count). The van der Waals surface area contributed by atoms with Gasteiger partial charge in [-0.2, -0.15) is 5.26 Å². The zero-order valence-corrected chi connectivity index (χ0v) is 11.3. The number of hydrogen-bond donors (Lipinski definition) is 1. The molecule has 2 N–H and O–H groups in total. The molecule has 3 nitrogen and oxygen atoms in total. The van der Waals surface area contributed by atoms with Crippen molar-refractivity contribution in [2.75, 3.05) is 13.1 Å². The number of rotatable bonds is 3. The fraction of sp³-hybridized carbons (Fsp3) is 0.533. The Hall–Kier alpha value is -1.44. The van der Waals surface area contributed by atoms with Crippen molar-refractivity contribution in [3.8, 4) is 6.07 Å². The van der Waals surface area contributed by atoms with Gasteiger partial charge in [0.1, 0.15) is 5.82 Å². The van der Waals surface area contributed by atoms with E-state index in [4.69, 9.17) is 11.0 Å². The van der Waals surface area contributed by atoms with Crippen LogP contribution in [0.5, 0.6) is 0 Å². The van der Waals surface area contributed by atoms with E-state index in [0.29, 0.717) is 30.6 Å². The maximum atomic E-state index is 13.4. The summed E-state index contributed by atoms with van der Waals surface area (Å²) < 4.78 is 13.4. The molecule has 102 valence electrons. The zero-order valence-electron chi connectivity index (χ0n) is 11.3. The molecule has 0 radical (unpaired) electrons. The highest BCUT2D eigenvalue weighted by Crippen LogP contribution is 2.23. The molecule has 2 atom stereocenters. The number of benzene rings is 1. The second-order valence-electron chi connectivity index (χ2n) is 5.42. The van der Waals surface area contributed by atoms with E-state index in [1.54, 1.807) is 6.07 Å². The summed E-state index contributed by atoms with van der Waals surface area (Å²) in [5, 5.41) is 8.88. The molecule has 1 aliphatic rings. The number of piperidine rings is 1. The Bertz CT molecular complexity index is 481. The van der Waals surface area contributed by atoms with Gasteiger partial charge >= 0.3 is 0 Å². The summed E-state index contributed by atoms with van der Waals surface area (Å²) in [6.45, 7) is 4.53. The molecule has 1 saturated heterocycles. The third kappa shape index (κ3) is 3.52. The van der Waals surface area contributed by atoms with Gasteiger partial charge in [0, 0.05) is 19.1 Å². The summed E-state index contributed by atoms with van der Waals surface area (Å²) in [5.74, 6) is 0.189. The number of nitrogens with two attached hydrogens (primary N) is 1. The average Bonchev–Trinajstić information content (AvgIpc) is 2.40. The van der Waals surface area contributed by atoms with E-state index in [-0.39, 0.29) is 5.82 Å². The monoisotopic (exact) mass is 261 g/mol. The number of hydrogen-bond acceptors (Lipinski definition) is 3. The minimum Gasteiger partial charge on any atom is -0.330 e. The van der Waals surface area contributed by atoms with Crippen molar-refractivity contribution in [2.24, 2.45) is 11.7 Å². The lowest BCUT2D eigenvalue weighted by Crippen LogP contribution is -2.43. The topological polar surface area (TPSA) is 53.0 Å². The molecule has 19 heavy (non-hydrogen) atoms. The first kappa shape index (κ1) is 14.0. The van der Waals surface area contributed by atoms with Gasteiger partial charge in [-0.25, -0.2) is 4.39 Å². The minimum atomic E-state index is -0.339. The van der Waals surface area contributed by atoms with Crippen LogP contribution in [-0.2, 0) is 6.54 Å². The third-order valence-corrected chi connectivity index (χ3v) is 3.91. The predicted molar refractivity (Wildman–Crippen MR) is 72.8 cm³/mol. The molecule has 1 fully saturated rings. The molecular formula is C15H20FN3. The lowest BCUT2D eigenvalue weighted by molar-refractivity contribution is 0.113. The van der Waals surface area contributed by atoms with Gasteiger partial charge in [0.15, 0.2) is 0 Å². The summed E-state index contributed by atoms with van der Waals surface area (Å²) >= 11 is 0. The number of halogens is 1. The van der Waals surface area contributed by atoms with Gasteiger partial charge in [-0.3, -0.25) is 4.90 Å². The van der Waals surface area contributed by atoms with E-state index in [0.717, 1.165) is 18.5 Å². The first-order valence-corrected chi connectivity index (χ1v) is 6.76. The van der Waals surface area contributed by atoms with Crippen LogP contribution in [0, 0.1) is 23.1 Å². The highest BCUT2D eigenvalue weighted by atomic mass is 19.1. The normalized spacial score (nSPS) is 24.1. The Balaban J connectivity index is 2.11. The lowest BCUT2D eigenvalue weighted by Gasteiger charge is -2.37. The fourth-order valence-electron chi connectivity index (χ4n) is 2.72. The Kier molecular flexibility index (Phi) is 4.52. The van der Waals surface area contributed by atoms with Crippen LogP contribution >= 0.6 is 0 Å². The van der Waals surface area contributed by atoms with Crippen molar-refractivity contribution in [3.05, 3.63) is 35.1 Å². The molecule has 4 heteroatoms. The van der Waals surface area contributed by atoms with E-state index in [2.05, 4.69) is 11.8 Å². The average molecular weight is 261 g/mol. The maximum Gasteiger partial charge on any atom is 0.124 e. The summed E-state index contributed by atoms with van der Waals surface area (Å²) in [6.07, 6.45) is 2.29. The molecular weight excluding hydrogens is 241 g/mol. The van der Waals surface area contributed by atoms with Crippen LogP contribution < -0.4 is 5.73 Å². The summed E-state index contributed by atoms with van der Waals surface area (Å²) in [4.78, 5) is 2.33. The molecule has 1 aliphatic heterocycles. The first-order valence-electron chi connectivity index (χ1n) is 6.76. The summed E-state index contributed by atoms with van der Waals surface area (Å²) in [5.41, 5.74) is 6.99. The van der Waals surface area contributed by atoms with E-state index < -0.39 is 0 Å². The number of nitriles is 1. The van der Waals surface area contributed by atoms with Crippen molar-refractivity contribution in [3.63, 3.8) is 0 Å². The van der Waals surface area contributed by atoms with Gasteiger partial charge in [0.2, 0.25) is 0 Å². The van der Waals surface area contributed by atoms with Crippen LogP contribution in [0.2, 0.25) is 0 Å². The third-order valence-electron chi connectivity index (χ3n) is 3.91. The van der Waals surface area contributed by atoms with Crippen LogP contribution in [0.4, 0.5) is 4.39 Å². The van der Waals surface area contributed by atoms with Gasteiger partial charge in [0.05, 0.1) is 11.6 Å². The van der Waals surface area contributed by atoms with Crippen molar-refractivity contribution in [2.45, 2.75) is 32.4 Å². The SMILES string of the molecule is CC1CCC(CN)CN1Cc1cc(F)cc(C#N)c1. The molecule has 0 saturated carbocycles. The van der Waals surface area contributed by atoms with E-state index in [1.165, 1.54) is 18.6 Å². The molecule has 0 aromatic heterocycles. The van der Waals surface area contributed by atoms with E-state index in [1.807, 2.05) is 6.07 Å².